The Hall–Kier alpha value is -2.46. The Bertz CT molecular complexity index is 825. The molecular weight excluding hydrogens is 328 g/mol. The van der Waals surface area contributed by atoms with E-state index in [0.29, 0.717) is 17.5 Å². The largest absolute Gasteiger partial charge is 0.302 e. The number of hydrogen-bond donors (Lipinski definition) is 1. The minimum absolute atomic E-state index is 0.0424. The predicted octanol–water partition coefficient (Wildman–Crippen LogP) is 5.50. The van der Waals surface area contributed by atoms with E-state index in [0.717, 1.165) is 23.2 Å². The van der Waals surface area contributed by atoms with Crippen molar-refractivity contribution in [1.29, 1.82) is 0 Å². The third-order valence-corrected chi connectivity index (χ3v) is 5.10. The van der Waals surface area contributed by atoms with E-state index in [4.69, 9.17) is 0 Å². The number of nitrogens with zero attached hydrogens (tertiary/aromatic N) is 1. The summed E-state index contributed by atoms with van der Waals surface area (Å²) < 4.78 is 0. The molecule has 0 aliphatic heterocycles. The monoisotopic (exact) mass is 350 g/mol. The highest BCUT2D eigenvalue weighted by Gasteiger charge is 2.09. The summed E-state index contributed by atoms with van der Waals surface area (Å²) in [6, 6.07) is 18.3. The van der Waals surface area contributed by atoms with Crippen LogP contribution < -0.4 is 5.32 Å². The summed E-state index contributed by atoms with van der Waals surface area (Å²) in [7, 11) is 0. The fraction of sp³-hybridized carbons (Fsp3) is 0.238. The number of benzene rings is 2. The molecule has 0 aliphatic rings. The molecule has 0 saturated heterocycles. The van der Waals surface area contributed by atoms with Gasteiger partial charge in [-0.1, -0.05) is 68.4 Å². The molecule has 0 saturated carbocycles. The first-order valence-electron chi connectivity index (χ1n) is 8.55. The number of thiazole rings is 1. The van der Waals surface area contributed by atoms with Crippen LogP contribution in [0, 0.1) is 0 Å². The van der Waals surface area contributed by atoms with Gasteiger partial charge in [0.25, 0.3) is 0 Å². The van der Waals surface area contributed by atoms with E-state index in [1.165, 1.54) is 16.9 Å². The first-order chi connectivity index (χ1) is 12.2. The van der Waals surface area contributed by atoms with Crippen LogP contribution in [0.4, 0.5) is 5.13 Å². The van der Waals surface area contributed by atoms with Gasteiger partial charge < -0.3 is 5.32 Å². The van der Waals surface area contributed by atoms with Crippen LogP contribution in [0.3, 0.4) is 0 Å². The molecule has 1 atom stereocenters. The third-order valence-electron chi connectivity index (χ3n) is 4.35. The molecular formula is C21H22N2OS. The SMILES string of the molecule is CCC(C)c1ccc(-c2csc(NC(=O)Cc3ccccc3)n2)cc1. The van der Waals surface area contributed by atoms with Gasteiger partial charge >= 0.3 is 0 Å². The maximum atomic E-state index is 12.1. The van der Waals surface area contributed by atoms with E-state index < -0.39 is 0 Å². The summed E-state index contributed by atoms with van der Waals surface area (Å²) >= 11 is 1.46. The van der Waals surface area contributed by atoms with Gasteiger partial charge in [0.2, 0.25) is 5.91 Å². The zero-order chi connectivity index (χ0) is 17.6. The number of rotatable bonds is 6. The highest BCUT2D eigenvalue weighted by Crippen LogP contribution is 2.27. The summed E-state index contributed by atoms with van der Waals surface area (Å²) in [5, 5.41) is 5.51. The Balaban J connectivity index is 1.65. The Morgan fingerprint density at radius 2 is 1.84 bits per heavy atom. The summed E-state index contributed by atoms with van der Waals surface area (Å²) in [6.07, 6.45) is 1.49. The van der Waals surface area contributed by atoms with E-state index in [2.05, 4.69) is 48.4 Å². The molecule has 0 fully saturated rings. The number of aromatic nitrogens is 1. The molecule has 0 spiro atoms. The van der Waals surface area contributed by atoms with Gasteiger partial charge in [-0.25, -0.2) is 4.98 Å². The van der Waals surface area contributed by atoms with Crippen LogP contribution >= 0.6 is 11.3 Å². The molecule has 1 unspecified atom stereocenters. The average molecular weight is 350 g/mol. The van der Waals surface area contributed by atoms with Crippen LogP contribution in [-0.2, 0) is 11.2 Å². The molecule has 3 rings (SSSR count). The molecule has 1 N–H and O–H groups in total. The van der Waals surface area contributed by atoms with Crippen LogP contribution in [0.2, 0.25) is 0 Å². The molecule has 4 heteroatoms. The van der Waals surface area contributed by atoms with Gasteiger partial charge in [-0.05, 0) is 23.5 Å². The zero-order valence-corrected chi connectivity index (χ0v) is 15.3. The minimum atomic E-state index is -0.0424. The second kappa shape index (κ2) is 8.08. The van der Waals surface area contributed by atoms with Crippen molar-refractivity contribution < 1.29 is 4.79 Å². The van der Waals surface area contributed by atoms with Crippen molar-refractivity contribution in [1.82, 2.24) is 4.98 Å². The fourth-order valence-electron chi connectivity index (χ4n) is 2.63. The standard InChI is InChI=1S/C21H22N2OS/c1-3-15(2)17-9-11-18(12-10-17)19-14-25-21(22-19)23-20(24)13-16-7-5-4-6-8-16/h4-12,14-15H,3,13H2,1-2H3,(H,22,23,24). The van der Waals surface area contributed by atoms with Gasteiger partial charge in [0.15, 0.2) is 5.13 Å². The number of carbonyl (C=O) groups is 1. The van der Waals surface area contributed by atoms with E-state index in [9.17, 15) is 4.79 Å². The van der Waals surface area contributed by atoms with Crippen molar-refractivity contribution in [2.45, 2.75) is 32.6 Å². The van der Waals surface area contributed by atoms with E-state index in [1.54, 1.807) is 0 Å². The Labute approximate surface area is 152 Å². The maximum Gasteiger partial charge on any atom is 0.230 e. The van der Waals surface area contributed by atoms with Gasteiger partial charge in [-0.15, -0.1) is 11.3 Å². The average Bonchev–Trinajstić information content (AvgIpc) is 3.10. The fourth-order valence-corrected chi connectivity index (χ4v) is 3.36. The summed E-state index contributed by atoms with van der Waals surface area (Å²) in [4.78, 5) is 16.7. The Kier molecular flexibility index (Phi) is 5.61. The number of hydrogen-bond acceptors (Lipinski definition) is 3. The van der Waals surface area contributed by atoms with Crippen LogP contribution in [-0.4, -0.2) is 10.9 Å². The minimum Gasteiger partial charge on any atom is -0.302 e. The lowest BCUT2D eigenvalue weighted by Gasteiger charge is -2.08. The van der Waals surface area contributed by atoms with Crippen molar-refractivity contribution in [3.8, 4) is 11.3 Å². The topological polar surface area (TPSA) is 42.0 Å². The van der Waals surface area contributed by atoms with Gasteiger partial charge in [-0.2, -0.15) is 0 Å². The molecule has 0 aliphatic carbocycles. The molecule has 128 valence electrons. The first-order valence-corrected chi connectivity index (χ1v) is 9.43. The normalized spacial score (nSPS) is 11.9. The molecule has 1 heterocycles. The second-order valence-corrected chi connectivity index (χ2v) is 7.04. The zero-order valence-electron chi connectivity index (χ0n) is 14.5. The van der Waals surface area contributed by atoms with E-state index in [1.807, 2.05) is 35.7 Å². The number of carbonyl (C=O) groups excluding carboxylic acids is 1. The number of anilines is 1. The lowest BCUT2D eigenvalue weighted by molar-refractivity contribution is -0.115. The molecule has 2 aromatic carbocycles. The first kappa shape index (κ1) is 17.4. The predicted molar refractivity (Wildman–Crippen MR) is 105 cm³/mol. The maximum absolute atomic E-state index is 12.1. The van der Waals surface area contributed by atoms with Gasteiger partial charge in [0.1, 0.15) is 0 Å². The number of amides is 1. The van der Waals surface area contributed by atoms with Crippen molar-refractivity contribution in [2.75, 3.05) is 5.32 Å². The number of nitrogens with one attached hydrogen (secondary N) is 1. The van der Waals surface area contributed by atoms with Gasteiger partial charge in [0.05, 0.1) is 12.1 Å². The van der Waals surface area contributed by atoms with Crippen molar-refractivity contribution in [2.24, 2.45) is 0 Å². The highest BCUT2D eigenvalue weighted by atomic mass is 32.1. The van der Waals surface area contributed by atoms with E-state index in [-0.39, 0.29) is 5.91 Å². The smallest absolute Gasteiger partial charge is 0.230 e. The van der Waals surface area contributed by atoms with Crippen molar-refractivity contribution in [3.63, 3.8) is 0 Å². The molecule has 3 aromatic rings. The molecule has 0 radical (unpaired) electrons. The van der Waals surface area contributed by atoms with Crippen LogP contribution in [0.5, 0.6) is 0 Å². The van der Waals surface area contributed by atoms with E-state index >= 15 is 0 Å². The van der Waals surface area contributed by atoms with Crippen molar-refractivity contribution >= 4 is 22.4 Å². The van der Waals surface area contributed by atoms with Gasteiger partial charge in [-0.3, -0.25) is 4.79 Å². The molecule has 1 aromatic heterocycles. The van der Waals surface area contributed by atoms with Crippen LogP contribution in [0.15, 0.2) is 60.0 Å². The van der Waals surface area contributed by atoms with Crippen LogP contribution in [0.1, 0.15) is 37.3 Å². The summed E-state index contributed by atoms with van der Waals surface area (Å²) in [5.41, 5.74) is 4.32. The molecule has 3 nitrogen and oxygen atoms in total. The van der Waals surface area contributed by atoms with Crippen LogP contribution in [0.25, 0.3) is 11.3 Å². The Morgan fingerprint density at radius 3 is 2.52 bits per heavy atom. The summed E-state index contributed by atoms with van der Waals surface area (Å²) in [6.45, 7) is 4.43. The Morgan fingerprint density at radius 1 is 1.12 bits per heavy atom. The van der Waals surface area contributed by atoms with Gasteiger partial charge in [0, 0.05) is 10.9 Å². The highest BCUT2D eigenvalue weighted by molar-refractivity contribution is 7.14. The molecule has 25 heavy (non-hydrogen) atoms. The quantitative estimate of drug-likeness (QED) is 0.637. The summed E-state index contributed by atoms with van der Waals surface area (Å²) in [5.74, 6) is 0.525. The lowest BCUT2D eigenvalue weighted by Crippen LogP contribution is -2.14. The molecule has 0 bridgehead atoms. The lowest BCUT2D eigenvalue weighted by atomic mass is 9.97. The van der Waals surface area contributed by atoms with Crippen molar-refractivity contribution in [3.05, 3.63) is 71.1 Å². The molecule has 1 amide bonds. The second-order valence-electron chi connectivity index (χ2n) is 6.18. The third kappa shape index (κ3) is 4.54.